The van der Waals surface area contributed by atoms with Gasteiger partial charge in [-0.3, -0.25) is 4.79 Å². The minimum atomic E-state index is 0.110. The van der Waals surface area contributed by atoms with Crippen LogP contribution in [0.2, 0.25) is 0 Å². The molecule has 0 saturated carbocycles. The molecule has 2 heteroatoms. The van der Waals surface area contributed by atoms with Crippen LogP contribution in [0.5, 0.6) is 0 Å². The smallest absolute Gasteiger partial charge is 0.224 e. The molecule has 0 saturated heterocycles. The van der Waals surface area contributed by atoms with Crippen molar-refractivity contribution in [2.24, 2.45) is 0 Å². The second kappa shape index (κ2) is 19.9. The van der Waals surface area contributed by atoms with Gasteiger partial charge in [-0.25, -0.2) is 0 Å². The lowest BCUT2D eigenvalue weighted by atomic mass is 10.1. The molecule has 0 bridgehead atoms. The normalized spacial score (nSPS) is 12.0. The summed E-state index contributed by atoms with van der Waals surface area (Å²) in [6, 6.07) is 9.88. The summed E-state index contributed by atoms with van der Waals surface area (Å²) in [6.45, 7) is 3.01. The van der Waals surface area contributed by atoms with Crippen LogP contribution < -0.4 is 5.32 Å². The second-order valence-corrected chi connectivity index (χ2v) is 7.60. The molecule has 0 unspecified atom stereocenters. The Balaban J connectivity index is 1.90. The summed E-state index contributed by atoms with van der Waals surface area (Å²) >= 11 is 0. The number of benzene rings is 1. The van der Waals surface area contributed by atoms with Crippen LogP contribution in [0.4, 0.5) is 0 Å². The number of amides is 1. The Morgan fingerprint density at radius 3 is 1.83 bits per heavy atom. The van der Waals surface area contributed by atoms with Gasteiger partial charge in [0.25, 0.3) is 0 Å². The average molecular weight is 408 g/mol. The molecule has 0 atom stereocenters. The summed E-state index contributed by atoms with van der Waals surface area (Å²) in [4.78, 5) is 11.9. The number of rotatable bonds is 17. The number of allylic oxidation sites excluding steroid dienone is 8. The van der Waals surface area contributed by atoms with E-state index in [1.54, 1.807) is 0 Å². The van der Waals surface area contributed by atoms with Crippen molar-refractivity contribution in [2.45, 2.75) is 77.6 Å². The molecular weight excluding hydrogens is 366 g/mol. The third-order valence-electron chi connectivity index (χ3n) is 4.78. The van der Waals surface area contributed by atoms with Gasteiger partial charge in [-0.2, -0.15) is 0 Å². The molecule has 164 valence electrons. The zero-order chi connectivity index (χ0) is 21.5. The van der Waals surface area contributed by atoms with E-state index >= 15 is 0 Å². The maximum Gasteiger partial charge on any atom is 0.224 e. The van der Waals surface area contributed by atoms with E-state index in [1.165, 1.54) is 25.7 Å². The number of hydrogen-bond acceptors (Lipinski definition) is 1. The summed E-state index contributed by atoms with van der Waals surface area (Å²) in [5.41, 5.74) is 1.07. The van der Waals surface area contributed by atoms with Crippen molar-refractivity contribution in [3.8, 4) is 0 Å². The van der Waals surface area contributed by atoms with Crippen LogP contribution in [-0.4, -0.2) is 12.5 Å². The van der Waals surface area contributed by atoms with Gasteiger partial charge in [-0.05, 0) is 56.9 Å². The molecular formula is C28H41NO. The number of hydrogen-bond donors (Lipinski definition) is 1. The van der Waals surface area contributed by atoms with Gasteiger partial charge >= 0.3 is 0 Å². The van der Waals surface area contributed by atoms with E-state index < -0.39 is 0 Å². The van der Waals surface area contributed by atoms with Gasteiger partial charge in [0.15, 0.2) is 0 Å². The van der Waals surface area contributed by atoms with E-state index in [2.05, 4.69) is 60.8 Å². The largest absolute Gasteiger partial charge is 0.356 e. The van der Waals surface area contributed by atoms with Crippen LogP contribution in [0.3, 0.4) is 0 Å². The van der Waals surface area contributed by atoms with Crippen LogP contribution >= 0.6 is 0 Å². The quantitative estimate of drug-likeness (QED) is 0.210. The average Bonchev–Trinajstić information content (AvgIpc) is 2.76. The number of unbranched alkanes of at least 4 members (excludes halogenated alkanes) is 5. The van der Waals surface area contributed by atoms with Gasteiger partial charge in [-0.1, -0.05) is 98.7 Å². The fourth-order valence-electron chi connectivity index (χ4n) is 3.02. The molecule has 0 aliphatic carbocycles. The van der Waals surface area contributed by atoms with Crippen LogP contribution in [0, 0.1) is 0 Å². The zero-order valence-corrected chi connectivity index (χ0v) is 18.9. The molecule has 0 fully saturated rings. The molecule has 2 nitrogen and oxygen atoms in total. The molecule has 0 aliphatic rings. The first kappa shape index (κ1) is 25.7. The SMILES string of the molecule is CCCCCC=CCC=CCC=CCC=CCCCCNC(=O)Cc1ccccc1. The highest BCUT2D eigenvalue weighted by atomic mass is 16.1. The fourth-order valence-corrected chi connectivity index (χ4v) is 3.02. The van der Waals surface area contributed by atoms with Crippen molar-refractivity contribution in [3.05, 3.63) is 84.5 Å². The molecule has 1 N–H and O–H groups in total. The van der Waals surface area contributed by atoms with Gasteiger partial charge in [0.1, 0.15) is 0 Å². The van der Waals surface area contributed by atoms with E-state index in [1.807, 2.05) is 30.3 Å². The Kier molecular flexibility index (Phi) is 17.1. The van der Waals surface area contributed by atoms with E-state index in [4.69, 9.17) is 0 Å². The molecule has 30 heavy (non-hydrogen) atoms. The molecule has 0 heterocycles. The maximum atomic E-state index is 11.9. The first-order valence-corrected chi connectivity index (χ1v) is 11.7. The van der Waals surface area contributed by atoms with Crippen LogP contribution in [0.15, 0.2) is 78.9 Å². The van der Waals surface area contributed by atoms with Crippen molar-refractivity contribution in [1.82, 2.24) is 5.32 Å². The molecule has 0 radical (unpaired) electrons. The van der Waals surface area contributed by atoms with Crippen molar-refractivity contribution in [1.29, 1.82) is 0 Å². The van der Waals surface area contributed by atoms with Crippen molar-refractivity contribution in [2.75, 3.05) is 6.54 Å². The molecule has 1 rings (SSSR count). The second-order valence-electron chi connectivity index (χ2n) is 7.60. The van der Waals surface area contributed by atoms with E-state index in [-0.39, 0.29) is 5.91 Å². The lowest BCUT2D eigenvalue weighted by Gasteiger charge is -2.04. The lowest BCUT2D eigenvalue weighted by molar-refractivity contribution is -0.120. The Hall–Kier alpha value is -2.35. The fraction of sp³-hybridized carbons (Fsp3) is 0.464. The predicted octanol–water partition coefficient (Wildman–Crippen LogP) is 7.49. The van der Waals surface area contributed by atoms with Crippen molar-refractivity contribution >= 4 is 5.91 Å². The first-order chi connectivity index (χ1) is 14.8. The third-order valence-corrected chi connectivity index (χ3v) is 4.78. The summed E-state index contributed by atoms with van der Waals surface area (Å²) < 4.78 is 0. The van der Waals surface area contributed by atoms with E-state index in [0.717, 1.165) is 50.6 Å². The van der Waals surface area contributed by atoms with Crippen molar-refractivity contribution in [3.63, 3.8) is 0 Å². The topological polar surface area (TPSA) is 29.1 Å². The standard InChI is InChI=1S/C28H41NO/c1-2-3-4-5-6-7-8-9-10-11-12-13-14-15-16-17-18-22-25-29-28(30)26-27-23-20-19-21-24-27/h6-7,9-10,12-13,15-16,19-21,23-24H,2-5,8,11,14,17-18,22,25-26H2,1H3,(H,29,30). The Bertz CT molecular complexity index is 640. The van der Waals surface area contributed by atoms with Crippen molar-refractivity contribution < 1.29 is 4.79 Å². The van der Waals surface area contributed by atoms with E-state index in [0.29, 0.717) is 6.42 Å². The molecule has 1 aromatic carbocycles. The van der Waals surface area contributed by atoms with Gasteiger partial charge in [-0.15, -0.1) is 0 Å². The Morgan fingerprint density at radius 2 is 1.27 bits per heavy atom. The predicted molar refractivity (Wildman–Crippen MR) is 132 cm³/mol. The minimum absolute atomic E-state index is 0.110. The highest BCUT2D eigenvalue weighted by Crippen LogP contribution is 2.02. The molecule has 0 aromatic heterocycles. The number of carbonyl (C=O) groups is 1. The van der Waals surface area contributed by atoms with Gasteiger partial charge in [0.05, 0.1) is 6.42 Å². The molecule has 0 aliphatic heterocycles. The monoisotopic (exact) mass is 407 g/mol. The van der Waals surface area contributed by atoms with E-state index in [9.17, 15) is 4.79 Å². The zero-order valence-electron chi connectivity index (χ0n) is 18.9. The van der Waals surface area contributed by atoms with Gasteiger partial charge in [0.2, 0.25) is 5.91 Å². The van der Waals surface area contributed by atoms with Crippen LogP contribution in [0.25, 0.3) is 0 Å². The maximum absolute atomic E-state index is 11.9. The summed E-state index contributed by atoms with van der Waals surface area (Å²) in [5.74, 6) is 0.110. The highest BCUT2D eigenvalue weighted by Gasteiger charge is 2.01. The molecule has 0 spiro atoms. The Labute approximate surface area is 184 Å². The first-order valence-electron chi connectivity index (χ1n) is 11.7. The summed E-state index contributed by atoms with van der Waals surface area (Å²) in [5, 5.41) is 3.00. The third kappa shape index (κ3) is 16.6. The molecule has 1 aromatic rings. The highest BCUT2D eigenvalue weighted by molar-refractivity contribution is 5.78. The van der Waals surface area contributed by atoms with Gasteiger partial charge < -0.3 is 5.32 Å². The number of nitrogens with one attached hydrogen (secondary N) is 1. The van der Waals surface area contributed by atoms with Crippen LogP contribution in [0.1, 0.15) is 76.7 Å². The summed E-state index contributed by atoms with van der Waals surface area (Å²) in [6.07, 6.45) is 29.9. The Morgan fingerprint density at radius 1 is 0.733 bits per heavy atom. The van der Waals surface area contributed by atoms with Crippen LogP contribution in [-0.2, 0) is 11.2 Å². The summed E-state index contributed by atoms with van der Waals surface area (Å²) in [7, 11) is 0. The molecule has 1 amide bonds. The van der Waals surface area contributed by atoms with Gasteiger partial charge in [0, 0.05) is 6.54 Å². The lowest BCUT2D eigenvalue weighted by Crippen LogP contribution is -2.25. The number of carbonyl (C=O) groups excluding carboxylic acids is 1. The minimum Gasteiger partial charge on any atom is -0.356 e.